The predicted octanol–water partition coefficient (Wildman–Crippen LogP) is 4.87. The summed E-state index contributed by atoms with van der Waals surface area (Å²) in [7, 11) is -3.72. The van der Waals surface area contributed by atoms with Crippen molar-refractivity contribution in [1.82, 2.24) is 9.71 Å². The minimum Gasteiger partial charge on any atom is -0.358 e. The summed E-state index contributed by atoms with van der Waals surface area (Å²) in [6.45, 7) is 4.40. The van der Waals surface area contributed by atoms with Gasteiger partial charge in [0.2, 0.25) is 10.0 Å². The maximum absolute atomic E-state index is 12.5. The van der Waals surface area contributed by atoms with Crippen LogP contribution in [0.25, 0.3) is 10.9 Å². The van der Waals surface area contributed by atoms with E-state index in [9.17, 15) is 8.42 Å². The average molecular weight is 411 g/mol. The van der Waals surface area contributed by atoms with Crippen molar-refractivity contribution in [1.29, 1.82) is 0 Å². The number of rotatable bonds is 6. The first-order chi connectivity index (χ1) is 12.3. The van der Waals surface area contributed by atoms with E-state index in [1.54, 1.807) is 6.07 Å². The van der Waals surface area contributed by atoms with E-state index in [2.05, 4.69) is 28.8 Å². The summed E-state index contributed by atoms with van der Waals surface area (Å²) in [6, 6.07) is 10.6. The molecule has 3 rings (SSSR count). The molecule has 0 spiro atoms. The third-order valence-electron chi connectivity index (χ3n) is 4.47. The summed E-state index contributed by atoms with van der Waals surface area (Å²) in [4.78, 5) is 3.42. The van der Waals surface area contributed by atoms with Gasteiger partial charge in [-0.2, -0.15) is 0 Å². The lowest BCUT2D eigenvalue weighted by atomic mass is 10.0. The highest BCUT2D eigenvalue weighted by atomic mass is 35.5. The molecule has 1 heterocycles. The molecular formula is C19H20Cl2N2O2S. The molecule has 0 amide bonds. The lowest BCUT2D eigenvalue weighted by Crippen LogP contribution is -2.26. The number of aryl methyl sites for hydroxylation is 2. The zero-order chi connectivity index (χ0) is 18.9. The number of halogens is 2. The van der Waals surface area contributed by atoms with Crippen LogP contribution in [0.15, 0.2) is 41.3 Å². The maximum Gasteiger partial charge on any atom is 0.242 e. The number of sulfonamides is 1. The number of benzene rings is 2. The van der Waals surface area contributed by atoms with Crippen LogP contribution >= 0.6 is 23.2 Å². The number of para-hydroxylation sites is 1. The second-order valence-electron chi connectivity index (χ2n) is 6.14. The van der Waals surface area contributed by atoms with E-state index in [4.69, 9.17) is 23.2 Å². The van der Waals surface area contributed by atoms with E-state index in [-0.39, 0.29) is 16.5 Å². The van der Waals surface area contributed by atoms with Gasteiger partial charge in [-0.25, -0.2) is 13.1 Å². The van der Waals surface area contributed by atoms with E-state index >= 15 is 0 Å². The van der Waals surface area contributed by atoms with Crippen LogP contribution in [0.5, 0.6) is 0 Å². The van der Waals surface area contributed by atoms with Crippen LogP contribution in [0.3, 0.4) is 0 Å². The molecule has 0 fully saturated rings. The molecule has 0 aliphatic heterocycles. The van der Waals surface area contributed by atoms with E-state index in [1.165, 1.54) is 17.7 Å². The second-order valence-corrected chi connectivity index (χ2v) is 8.72. The van der Waals surface area contributed by atoms with Crippen LogP contribution in [-0.4, -0.2) is 19.9 Å². The molecule has 0 saturated carbocycles. The Morgan fingerprint density at radius 2 is 1.92 bits per heavy atom. The van der Waals surface area contributed by atoms with E-state index in [1.807, 2.05) is 13.0 Å². The Balaban J connectivity index is 1.81. The number of H-pyrrole nitrogens is 1. The number of nitrogens with one attached hydrogen (secondary N) is 2. The van der Waals surface area contributed by atoms with E-state index < -0.39 is 10.0 Å². The fourth-order valence-electron chi connectivity index (χ4n) is 3.15. The lowest BCUT2D eigenvalue weighted by Gasteiger charge is -2.09. The molecule has 138 valence electrons. The van der Waals surface area contributed by atoms with Gasteiger partial charge in [-0.1, -0.05) is 48.3 Å². The minimum absolute atomic E-state index is 0.00409. The molecule has 1 aromatic heterocycles. The summed E-state index contributed by atoms with van der Waals surface area (Å²) in [5.41, 5.74) is 4.56. The Morgan fingerprint density at radius 3 is 2.65 bits per heavy atom. The highest BCUT2D eigenvalue weighted by Crippen LogP contribution is 2.27. The summed E-state index contributed by atoms with van der Waals surface area (Å²) < 4.78 is 27.7. The minimum atomic E-state index is -3.72. The highest BCUT2D eigenvalue weighted by Gasteiger charge is 2.19. The molecule has 3 aromatic rings. The van der Waals surface area contributed by atoms with Gasteiger partial charge in [-0.3, -0.25) is 0 Å². The highest BCUT2D eigenvalue weighted by molar-refractivity contribution is 7.89. The fourth-order valence-corrected chi connectivity index (χ4v) is 4.94. The number of hydrogen-bond acceptors (Lipinski definition) is 2. The van der Waals surface area contributed by atoms with Crippen molar-refractivity contribution in [3.8, 4) is 0 Å². The van der Waals surface area contributed by atoms with Crippen LogP contribution in [0.4, 0.5) is 0 Å². The van der Waals surface area contributed by atoms with Crippen molar-refractivity contribution < 1.29 is 8.42 Å². The molecule has 7 heteroatoms. The summed E-state index contributed by atoms with van der Waals surface area (Å²) in [5, 5.41) is 1.62. The van der Waals surface area contributed by atoms with Crippen molar-refractivity contribution in [3.63, 3.8) is 0 Å². The van der Waals surface area contributed by atoms with Gasteiger partial charge < -0.3 is 4.98 Å². The molecule has 2 aromatic carbocycles. The molecule has 4 nitrogen and oxygen atoms in total. The van der Waals surface area contributed by atoms with Gasteiger partial charge >= 0.3 is 0 Å². The number of aromatic nitrogens is 1. The molecule has 0 saturated heterocycles. The second kappa shape index (κ2) is 7.61. The van der Waals surface area contributed by atoms with Crippen molar-refractivity contribution in [3.05, 3.63) is 63.3 Å². The standard InChI is InChI=1S/C19H20Cl2N2O2S/c1-3-13-5-4-6-16-15(12(2)23-19(13)16)9-10-22-26(24,25)18-11-14(20)7-8-17(18)21/h4-8,11,22-23H,3,9-10H2,1-2H3. The first-order valence-corrected chi connectivity index (χ1v) is 10.6. The van der Waals surface area contributed by atoms with Gasteiger partial charge in [0.15, 0.2) is 0 Å². The summed E-state index contributed by atoms with van der Waals surface area (Å²) in [5.74, 6) is 0. The van der Waals surface area contributed by atoms with Gasteiger partial charge in [0.1, 0.15) is 4.90 Å². The van der Waals surface area contributed by atoms with Gasteiger partial charge in [-0.15, -0.1) is 0 Å². The van der Waals surface area contributed by atoms with Crippen LogP contribution < -0.4 is 4.72 Å². The number of fused-ring (bicyclic) bond motifs is 1. The number of hydrogen-bond donors (Lipinski definition) is 2. The lowest BCUT2D eigenvalue weighted by molar-refractivity contribution is 0.581. The Hall–Kier alpha value is -1.53. The smallest absolute Gasteiger partial charge is 0.242 e. The third kappa shape index (κ3) is 3.76. The van der Waals surface area contributed by atoms with Crippen molar-refractivity contribution in [2.24, 2.45) is 0 Å². The van der Waals surface area contributed by atoms with Crippen molar-refractivity contribution >= 4 is 44.1 Å². The first kappa shape index (κ1) is 19.2. The normalized spacial score (nSPS) is 12.0. The summed E-state index contributed by atoms with van der Waals surface area (Å²) in [6.07, 6.45) is 1.52. The fraction of sp³-hybridized carbons (Fsp3) is 0.263. The van der Waals surface area contributed by atoms with Crippen LogP contribution in [-0.2, 0) is 22.9 Å². The molecule has 2 N–H and O–H groups in total. The van der Waals surface area contributed by atoms with Crippen LogP contribution in [0.1, 0.15) is 23.7 Å². The van der Waals surface area contributed by atoms with Crippen LogP contribution in [0.2, 0.25) is 10.0 Å². The Labute approximate surface area is 163 Å². The molecule has 0 aliphatic carbocycles. The predicted molar refractivity (Wildman–Crippen MR) is 108 cm³/mol. The molecule has 0 aliphatic rings. The monoisotopic (exact) mass is 410 g/mol. The van der Waals surface area contributed by atoms with Gasteiger partial charge in [0, 0.05) is 28.2 Å². The van der Waals surface area contributed by atoms with Gasteiger partial charge in [-0.05, 0) is 49.1 Å². The Morgan fingerprint density at radius 1 is 1.15 bits per heavy atom. The molecule has 0 bridgehead atoms. The summed E-state index contributed by atoms with van der Waals surface area (Å²) >= 11 is 11.9. The third-order valence-corrected chi connectivity index (χ3v) is 6.65. The van der Waals surface area contributed by atoms with Crippen LogP contribution in [0, 0.1) is 6.92 Å². The largest absolute Gasteiger partial charge is 0.358 e. The van der Waals surface area contributed by atoms with Gasteiger partial charge in [0.25, 0.3) is 0 Å². The maximum atomic E-state index is 12.5. The van der Waals surface area contributed by atoms with Gasteiger partial charge in [0.05, 0.1) is 5.02 Å². The topological polar surface area (TPSA) is 62.0 Å². The molecular weight excluding hydrogens is 391 g/mol. The zero-order valence-corrected chi connectivity index (χ0v) is 16.9. The molecule has 26 heavy (non-hydrogen) atoms. The van der Waals surface area contributed by atoms with Crippen molar-refractivity contribution in [2.45, 2.75) is 31.6 Å². The quantitative estimate of drug-likeness (QED) is 0.608. The SMILES string of the molecule is CCc1cccc2c(CCNS(=O)(=O)c3cc(Cl)ccc3Cl)c(C)[nH]c12. The average Bonchev–Trinajstić information content (AvgIpc) is 2.92. The molecule has 0 unspecified atom stereocenters. The Kier molecular flexibility index (Phi) is 5.63. The zero-order valence-electron chi connectivity index (χ0n) is 14.6. The first-order valence-electron chi connectivity index (χ1n) is 8.37. The number of aromatic amines is 1. The Bertz CT molecular complexity index is 1060. The van der Waals surface area contributed by atoms with E-state index in [0.717, 1.165) is 28.6 Å². The molecule has 0 atom stereocenters. The van der Waals surface area contributed by atoms with E-state index in [0.29, 0.717) is 11.4 Å². The van der Waals surface area contributed by atoms with Crippen molar-refractivity contribution in [2.75, 3.05) is 6.54 Å². The molecule has 0 radical (unpaired) electrons.